The fraction of sp³-hybridized carbons (Fsp3) is 0.300. The quantitative estimate of drug-likeness (QED) is 0.694. The van der Waals surface area contributed by atoms with Gasteiger partial charge in [-0.15, -0.1) is 0 Å². The summed E-state index contributed by atoms with van der Waals surface area (Å²) in [5.41, 5.74) is 6.11. The molecule has 0 amide bonds. The Morgan fingerprint density at radius 1 is 1.67 bits per heavy atom. The van der Waals surface area contributed by atoms with Gasteiger partial charge in [0.25, 0.3) is 0 Å². The van der Waals surface area contributed by atoms with E-state index in [4.69, 9.17) is 10.8 Å². The summed E-state index contributed by atoms with van der Waals surface area (Å²) in [5.74, 6) is -1.43. The molecule has 4 nitrogen and oxygen atoms in total. The van der Waals surface area contributed by atoms with Crippen LogP contribution >= 0.6 is 0 Å². The van der Waals surface area contributed by atoms with Crippen LogP contribution in [0.5, 0.6) is 0 Å². The van der Waals surface area contributed by atoms with Crippen LogP contribution < -0.4 is 11.1 Å². The van der Waals surface area contributed by atoms with Crippen LogP contribution in [0.15, 0.2) is 18.2 Å². The van der Waals surface area contributed by atoms with Crippen LogP contribution in [-0.2, 0) is 4.79 Å². The number of nitrogens with one attached hydrogen (secondary N) is 1. The summed E-state index contributed by atoms with van der Waals surface area (Å²) in [6, 6.07) is 3.55. The molecule has 1 unspecified atom stereocenters. The minimum atomic E-state index is -1.05. The first kappa shape index (κ1) is 11.5. The molecular formula is C10H13FN2O2. The van der Waals surface area contributed by atoms with Crippen molar-refractivity contribution in [1.82, 2.24) is 0 Å². The fourth-order valence-electron chi connectivity index (χ4n) is 1.17. The van der Waals surface area contributed by atoms with Gasteiger partial charge in [0.1, 0.15) is 11.9 Å². The number of aliphatic carboxylic acids is 1. The van der Waals surface area contributed by atoms with Crippen molar-refractivity contribution in [3.05, 3.63) is 29.6 Å². The highest BCUT2D eigenvalue weighted by Crippen LogP contribution is 2.18. The third-order valence-electron chi connectivity index (χ3n) is 2.13. The monoisotopic (exact) mass is 212 g/mol. The maximum absolute atomic E-state index is 13.1. The molecule has 1 aromatic carbocycles. The van der Waals surface area contributed by atoms with Crippen LogP contribution in [0.25, 0.3) is 0 Å². The Balaban J connectivity index is 2.88. The molecule has 15 heavy (non-hydrogen) atoms. The first-order chi connectivity index (χ1) is 7.06. The number of anilines is 1. The van der Waals surface area contributed by atoms with Gasteiger partial charge in [0.15, 0.2) is 0 Å². The molecule has 0 aliphatic carbocycles. The Morgan fingerprint density at radius 3 is 2.87 bits per heavy atom. The SMILES string of the molecule is Cc1c(F)cccc1NC(CN)C(=O)O. The van der Waals surface area contributed by atoms with E-state index < -0.39 is 12.0 Å². The third kappa shape index (κ3) is 2.66. The lowest BCUT2D eigenvalue weighted by Crippen LogP contribution is -2.36. The molecule has 0 saturated carbocycles. The Labute approximate surface area is 86.9 Å². The van der Waals surface area contributed by atoms with E-state index in [1.165, 1.54) is 12.1 Å². The zero-order chi connectivity index (χ0) is 11.4. The van der Waals surface area contributed by atoms with Crippen LogP contribution in [-0.4, -0.2) is 23.7 Å². The molecule has 82 valence electrons. The van der Waals surface area contributed by atoms with Crippen molar-refractivity contribution in [3.8, 4) is 0 Å². The van der Waals surface area contributed by atoms with Gasteiger partial charge >= 0.3 is 5.97 Å². The largest absolute Gasteiger partial charge is 0.480 e. The Kier molecular flexibility index (Phi) is 3.62. The second kappa shape index (κ2) is 4.75. The van der Waals surface area contributed by atoms with Crippen molar-refractivity contribution in [2.24, 2.45) is 5.73 Å². The first-order valence-corrected chi connectivity index (χ1v) is 4.50. The zero-order valence-corrected chi connectivity index (χ0v) is 8.33. The summed E-state index contributed by atoms with van der Waals surface area (Å²) >= 11 is 0. The highest BCUT2D eigenvalue weighted by Gasteiger charge is 2.16. The lowest BCUT2D eigenvalue weighted by atomic mass is 10.1. The third-order valence-corrected chi connectivity index (χ3v) is 2.13. The van der Waals surface area contributed by atoms with Crippen molar-refractivity contribution in [3.63, 3.8) is 0 Å². The predicted octanol–water partition coefficient (Wildman–Crippen LogP) is 0.958. The maximum atomic E-state index is 13.1. The van der Waals surface area contributed by atoms with Crippen LogP contribution in [0.1, 0.15) is 5.56 Å². The van der Waals surface area contributed by atoms with Crippen molar-refractivity contribution in [1.29, 1.82) is 0 Å². The van der Waals surface area contributed by atoms with Crippen LogP contribution in [0, 0.1) is 12.7 Å². The minimum Gasteiger partial charge on any atom is -0.480 e. The number of benzene rings is 1. The summed E-state index contributed by atoms with van der Waals surface area (Å²) in [7, 11) is 0. The van der Waals surface area contributed by atoms with Crippen LogP contribution in [0.2, 0.25) is 0 Å². The maximum Gasteiger partial charge on any atom is 0.327 e. The molecule has 0 bridgehead atoms. The molecule has 1 atom stereocenters. The van der Waals surface area contributed by atoms with Gasteiger partial charge in [-0.25, -0.2) is 9.18 Å². The van der Waals surface area contributed by atoms with Gasteiger partial charge in [-0.1, -0.05) is 6.07 Å². The van der Waals surface area contributed by atoms with Crippen molar-refractivity contribution < 1.29 is 14.3 Å². The van der Waals surface area contributed by atoms with E-state index in [2.05, 4.69) is 5.32 Å². The standard InChI is InChI=1S/C10H13FN2O2/c1-6-7(11)3-2-4-8(6)13-9(5-12)10(14)15/h2-4,9,13H,5,12H2,1H3,(H,14,15). The molecule has 0 heterocycles. The molecule has 0 aliphatic heterocycles. The number of hydrogen-bond acceptors (Lipinski definition) is 3. The molecule has 0 saturated heterocycles. The zero-order valence-electron chi connectivity index (χ0n) is 8.33. The Bertz CT molecular complexity index is 368. The van der Waals surface area contributed by atoms with Gasteiger partial charge in [0.05, 0.1) is 0 Å². The highest BCUT2D eigenvalue weighted by molar-refractivity contribution is 5.78. The van der Waals surface area contributed by atoms with Crippen LogP contribution in [0.3, 0.4) is 0 Å². The normalized spacial score (nSPS) is 12.2. The number of rotatable bonds is 4. The molecule has 0 aliphatic rings. The molecule has 1 aromatic rings. The van der Waals surface area contributed by atoms with E-state index in [0.717, 1.165) is 0 Å². The second-order valence-electron chi connectivity index (χ2n) is 3.18. The molecule has 0 radical (unpaired) electrons. The number of nitrogens with two attached hydrogens (primary N) is 1. The molecule has 0 spiro atoms. The number of carboxylic acids is 1. The lowest BCUT2D eigenvalue weighted by Gasteiger charge is -2.15. The van der Waals surface area contributed by atoms with Gasteiger partial charge in [0, 0.05) is 17.8 Å². The van der Waals surface area contributed by atoms with E-state index in [1.54, 1.807) is 13.0 Å². The number of hydrogen-bond donors (Lipinski definition) is 3. The van der Waals surface area contributed by atoms with Crippen molar-refractivity contribution >= 4 is 11.7 Å². The molecule has 1 rings (SSSR count). The van der Waals surface area contributed by atoms with E-state index in [0.29, 0.717) is 11.3 Å². The van der Waals surface area contributed by atoms with Gasteiger partial charge in [0.2, 0.25) is 0 Å². The van der Waals surface area contributed by atoms with Crippen molar-refractivity contribution in [2.45, 2.75) is 13.0 Å². The molecule has 0 aromatic heterocycles. The molecular weight excluding hydrogens is 199 g/mol. The second-order valence-corrected chi connectivity index (χ2v) is 3.18. The average molecular weight is 212 g/mol. The summed E-state index contributed by atoms with van der Waals surface area (Å²) in [4.78, 5) is 10.7. The van der Waals surface area contributed by atoms with Gasteiger partial charge in [-0.2, -0.15) is 0 Å². The Hall–Kier alpha value is -1.62. The van der Waals surface area contributed by atoms with E-state index in [1.807, 2.05) is 0 Å². The van der Waals surface area contributed by atoms with Crippen LogP contribution in [0.4, 0.5) is 10.1 Å². The van der Waals surface area contributed by atoms with E-state index >= 15 is 0 Å². The average Bonchev–Trinajstić information content (AvgIpc) is 2.19. The molecule has 0 fully saturated rings. The first-order valence-electron chi connectivity index (χ1n) is 4.50. The fourth-order valence-corrected chi connectivity index (χ4v) is 1.17. The molecule has 4 N–H and O–H groups in total. The summed E-state index contributed by atoms with van der Waals surface area (Å²) < 4.78 is 13.1. The topological polar surface area (TPSA) is 75.3 Å². The smallest absolute Gasteiger partial charge is 0.327 e. The minimum absolute atomic E-state index is 0.0503. The van der Waals surface area contributed by atoms with E-state index in [-0.39, 0.29) is 12.4 Å². The number of carbonyl (C=O) groups is 1. The van der Waals surface area contributed by atoms with Gasteiger partial charge < -0.3 is 16.2 Å². The summed E-state index contributed by atoms with van der Waals surface area (Å²) in [6.07, 6.45) is 0. The Morgan fingerprint density at radius 2 is 2.33 bits per heavy atom. The van der Waals surface area contributed by atoms with Crippen molar-refractivity contribution in [2.75, 3.05) is 11.9 Å². The predicted molar refractivity (Wildman–Crippen MR) is 55.2 cm³/mol. The van der Waals surface area contributed by atoms with Gasteiger partial charge in [-0.05, 0) is 19.1 Å². The van der Waals surface area contributed by atoms with E-state index in [9.17, 15) is 9.18 Å². The summed E-state index contributed by atoms with van der Waals surface area (Å²) in [6.45, 7) is 1.53. The van der Waals surface area contributed by atoms with Gasteiger partial charge in [-0.3, -0.25) is 0 Å². The lowest BCUT2D eigenvalue weighted by molar-refractivity contribution is -0.137. The molecule has 5 heteroatoms. The number of halogens is 1. The number of carboxylic acid groups (broad SMARTS) is 1. The summed E-state index contributed by atoms with van der Waals surface area (Å²) in [5, 5.41) is 11.4. The highest BCUT2D eigenvalue weighted by atomic mass is 19.1.